The van der Waals surface area contributed by atoms with Gasteiger partial charge < -0.3 is 14.8 Å². The first-order valence-electron chi connectivity index (χ1n) is 9.92. The Kier molecular flexibility index (Phi) is 5.07. The minimum absolute atomic E-state index is 0.0704. The van der Waals surface area contributed by atoms with Crippen LogP contribution in [0.5, 0.6) is 0 Å². The van der Waals surface area contributed by atoms with E-state index in [1.54, 1.807) is 0 Å². The standard InChI is InChI=1S/C21H23F5N4OS/c1-15(20-14-30-13-19(6-7-21(30)28-20)32(22,23,24,25)26)27-10-18(31)12-29-9-8-16-4-2-3-5-17(16)11-29/h2-7,13-14,18,27,31H,1,8-12H2/t18-/m0/s1. The Morgan fingerprint density at radius 3 is 2.53 bits per heavy atom. The number of rotatable bonds is 7. The maximum absolute atomic E-state index is 13.0. The summed E-state index contributed by atoms with van der Waals surface area (Å²) < 4.78 is 66.0. The molecule has 1 aliphatic heterocycles. The van der Waals surface area contributed by atoms with Crippen molar-refractivity contribution in [2.24, 2.45) is 0 Å². The molecular formula is C21H23F5N4OS. The third-order valence-electron chi connectivity index (χ3n) is 5.41. The lowest BCUT2D eigenvalue weighted by Gasteiger charge is -2.40. The monoisotopic (exact) mass is 474 g/mol. The van der Waals surface area contributed by atoms with Gasteiger partial charge in [0.1, 0.15) is 16.2 Å². The molecule has 0 spiro atoms. The number of benzene rings is 1. The molecule has 0 bridgehead atoms. The van der Waals surface area contributed by atoms with Crippen molar-refractivity contribution in [2.75, 3.05) is 19.6 Å². The van der Waals surface area contributed by atoms with Crippen LogP contribution in [0, 0.1) is 0 Å². The van der Waals surface area contributed by atoms with Crippen LogP contribution in [-0.4, -0.2) is 45.1 Å². The van der Waals surface area contributed by atoms with Gasteiger partial charge in [-0.1, -0.05) is 50.3 Å². The van der Waals surface area contributed by atoms with Crippen LogP contribution in [0.25, 0.3) is 11.3 Å². The number of hydrogen-bond acceptors (Lipinski definition) is 4. The number of halogens is 5. The normalized spacial score (nSPS) is 17.9. The highest BCUT2D eigenvalue weighted by atomic mass is 32.5. The Labute approximate surface area is 181 Å². The Balaban J connectivity index is 1.37. The highest BCUT2D eigenvalue weighted by Crippen LogP contribution is 3.02. The zero-order valence-electron chi connectivity index (χ0n) is 17.0. The van der Waals surface area contributed by atoms with Gasteiger partial charge in [0, 0.05) is 38.6 Å². The fourth-order valence-corrected chi connectivity index (χ4v) is 4.39. The second-order valence-electron chi connectivity index (χ2n) is 7.99. The number of aliphatic hydroxyl groups excluding tert-OH is 1. The number of imidazole rings is 1. The van der Waals surface area contributed by atoms with E-state index in [1.165, 1.54) is 17.3 Å². The maximum atomic E-state index is 13.0. The quantitative estimate of drug-likeness (QED) is 0.475. The number of fused-ring (bicyclic) bond motifs is 2. The number of nitrogens with zero attached hydrogens (tertiary/aromatic N) is 3. The smallest absolute Gasteiger partial charge is 0.311 e. The molecule has 3 aromatic rings. The molecule has 2 aromatic heterocycles. The third kappa shape index (κ3) is 5.05. The van der Waals surface area contributed by atoms with Crippen LogP contribution in [0.3, 0.4) is 0 Å². The molecule has 174 valence electrons. The van der Waals surface area contributed by atoms with E-state index in [0.29, 0.717) is 18.8 Å². The average molecular weight is 474 g/mol. The lowest BCUT2D eigenvalue weighted by molar-refractivity contribution is 0.107. The summed E-state index contributed by atoms with van der Waals surface area (Å²) in [7, 11) is -9.78. The molecule has 1 atom stereocenters. The van der Waals surface area contributed by atoms with E-state index in [-0.39, 0.29) is 23.6 Å². The first-order valence-corrected chi connectivity index (χ1v) is 11.9. The van der Waals surface area contributed by atoms with E-state index in [9.17, 15) is 24.5 Å². The van der Waals surface area contributed by atoms with Crippen LogP contribution in [0.15, 0.2) is 60.3 Å². The average Bonchev–Trinajstić information content (AvgIpc) is 3.14. The van der Waals surface area contributed by atoms with Crippen molar-refractivity contribution in [3.8, 4) is 0 Å². The van der Waals surface area contributed by atoms with Crippen molar-refractivity contribution in [2.45, 2.75) is 24.0 Å². The summed E-state index contributed by atoms with van der Waals surface area (Å²) in [5.41, 5.74) is 3.08. The van der Waals surface area contributed by atoms with Gasteiger partial charge in [-0.25, -0.2) is 4.98 Å². The molecule has 32 heavy (non-hydrogen) atoms. The molecule has 5 nitrogen and oxygen atoms in total. The maximum Gasteiger partial charge on any atom is 0.311 e. The molecule has 2 N–H and O–H groups in total. The van der Waals surface area contributed by atoms with Gasteiger partial charge in [0.25, 0.3) is 0 Å². The van der Waals surface area contributed by atoms with E-state index in [0.717, 1.165) is 30.0 Å². The molecule has 0 radical (unpaired) electrons. The number of aliphatic hydroxyl groups is 1. The summed E-state index contributed by atoms with van der Waals surface area (Å²) in [5, 5.41) is 13.3. The molecular weight excluding hydrogens is 451 g/mol. The van der Waals surface area contributed by atoms with Gasteiger partial charge in [-0.05, 0) is 29.7 Å². The lowest BCUT2D eigenvalue weighted by atomic mass is 10.00. The van der Waals surface area contributed by atoms with Crippen LogP contribution in [0.1, 0.15) is 16.8 Å². The van der Waals surface area contributed by atoms with E-state index in [2.05, 4.69) is 33.9 Å². The predicted octanol–water partition coefficient (Wildman–Crippen LogP) is 4.97. The van der Waals surface area contributed by atoms with Gasteiger partial charge in [-0.15, -0.1) is 0 Å². The second-order valence-corrected chi connectivity index (χ2v) is 10.4. The highest BCUT2D eigenvalue weighted by molar-refractivity contribution is 8.45. The van der Waals surface area contributed by atoms with Gasteiger partial charge in [0.05, 0.1) is 11.8 Å². The molecule has 0 saturated carbocycles. The van der Waals surface area contributed by atoms with Crippen molar-refractivity contribution < 1.29 is 24.5 Å². The topological polar surface area (TPSA) is 52.8 Å². The van der Waals surface area contributed by atoms with Crippen molar-refractivity contribution in [1.29, 1.82) is 0 Å². The van der Waals surface area contributed by atoms with Gasteiger partial charge >= 0.3 is 10.2 Å². The molecule has 4 rings (SSSR count). The van der Waals surface area contributed by atoms with E-state index < -0.39 is 21.2 Å². The predicted molar refractivity (Wildman–Crippen MR) is 115 cm³/mol. The van der Waals surface area contributed by atoms with Crippen molar-refractivity contribution in [1.82, 2.24) is 19.6 Å². The van der Waals surface area contributed by atoms with Crippen LogP contribution in [0.4, 0.5) is 19.4 Å². The SMILES string of the molecule is C=C(NC[C@H](O)CN1CCc2ccccc2C1)c1cn2cc(S(F)(F)(F)(F)F)ccc2n1. The molecule has 0 unspecified atom stereocenters. The fourth-order valence-electron chi connectivity index (χ4n) is 3.75. The Bertz CT molecular complexity index is 1180. The summed E-state index contributed by atoms with van der Waals surface area (Å²) in [6, 6.07) is 9.37. The molecule has 0 amide bonds. The Morgan fingerprint density at radius 1 is 1.09 bits per heavy atom. The summed E-state index contributed by atoms with van der Waals surface area (Å²) in [6.45, 7) is 5.96. The molecule has 1 aliphatic rings. The summed E-state index contributed by atoms with van der Waals surface area (Å²) >= 11 is 0. The fraction of sp³-hybridized carbons (Fsp3) is 0.286. The minimum Gasteiger partial charge on any atom is -0.390 e. The Morgan fingerprint density at radius 2 is 1.81 bits per heavy atom. The molecule has 0 saturated heterocycles. The van der Waals surface area contributed by atoms with Crippen molar-refractivity contribution in [3.63, 3.8) is 0 Å². The highest BCUT2D eigenvalue weighted by Gasteiger charge is 2.65. The number of β-amino-alcohol motifs (C(OH)–C–C–N with tert-alkyl or cyclic N) is 1. The third-order valence-corrected chi connectivity index (χ3v) is 6.54. The second kappa shape index (κ2) is 7.19. The molecule has 0 aliphatic carbocycles. The van der Waals surface area contributed by atoms with Gasteiger partial charge in [-0.3, -0.25) is 4.90 Å². The van der Waals surface area contributed by atoms with Crippen LogP contribution < -0.4 is 5.32 Å². The number of aromatic nitrogens is 2. The molecule has 0 fully saturated rings. The lowest BCUT2D eigenvalue weighted by Crippen LogP contribution is -2.40. The largest absolute Gasteiger partial charge is 0.390 e. The van der Waals surface area contributed by atoms with E-state index in [1.807, 2.05) is 12.1 Å². The number of nitrogens with one attached hydrogen (secondary N) is 1. The minimum atomic E-state index is -9.78. The first-order chi connectivity index (χ1) is 14.8. The summed E-state index contributed by atoms with van der Waals surface area (Å²) in [6.07, 6.45) is 1.70. The van der Waals surface area contributed by atoms with Crippen LogP contribution in [0.2, 0.25) is 0 Å². The molecule has 11 heteroatoms. The van der Waals surface area contributed by atoms with E-state index in [4.69, 9.17) is 0 Å². The zero-order valence-corrected chi connectivity index (χ0v) is 17.8. The van der Waals surface area contributed by atoms with E-state index >= 15 is 0 Å². The van der Waals surface area contributed by atoms with Crippen molar-refractivity contribution >= 4 is 21.6 Å². The van der Waals surface area contributed by atoms with Crippen molar-refractivity contribution in [3.05, 3.63) is 72.2 Å². The zero-order chi connectivity index (χ0) is 23.2. The summed E-state index contributed by atoms with van der Waals surface area (Å²) in [4.78, 5) is 4.26. The van der Waals surface area contributed by atoms with Gasteiger partial charge in [0.15, 0.2) is 0 Å². The number of hydrogen-bond donors (Lipinski definition) is 2. The van der Waals surface area contributed by atoms with Gasteiger partial charge in [0.2, 0.25) is 0 Å². The number of pyridine rings is 1. The molecule has 1 aromatic carbocycles. The first kappa shape index (κ1) is 22.6. The Hall–Kier alpha value is -2.63. The van der Waals surface area contributed by atoms with Gasteiger partial charge in [-0.2, -0.15) is 0 Å². The molecule has 3 heterocycles. The van der Waals surface area contributed by atoms with Crippen LogP contribution in [-0.2, 0) is 13.0 Å². The summed E-state index contributed by atoms with van der Waals surface area (Å²) in [5.74, 6) is 0. The van der Waals surface area contributed by atoms with Crippen LogP contribution >= 0.6 is 10.2 Å².